The van der Waals surface area contributed by atoms with Crippen molar-refractivity contribution in [3.05, 3.63) is 47.5 Å². The van der Waals surface area contributed by atoms with Crippen LogP contribution >= 0.6 is 11.3 Å². The standard InChI is InChI=1S/C14H11N3O2S/c15-11-3-2-9(18)6-10(11)14(19)17-8-1-4-12-13(5-8)20-7-16-12/h1-7,18H,15H2,(H,17,19). The number of carbonyl (C=O) groups excluding carboxylic acids is 1. The molecule has 1 amide bonds. The highest BCUT2D eigenvalue weighted by Gasteiger charge is 2.11. The van der Waals surface area contributed by atoms with Gasteiger partial charge >= 0.3 is 0 Å². The molecule has 0 aliphatic carbocycles. The molecule has 6 heteroatoms. The van der Waals surface area contributed by atoms with Crippen molar-refractivity contribution >= 4 is 38.8 Å². The fourth-order valence-corrected chi connectivity index (χ4v) is 2.59. The number of nitrogens with two attached hydrogens (primary N) is 1. The smallest absolute Gasteiger partial charge is 0.257 e. The fourth-order valence-electron chi connectivity index (χ4n) is 1.87. The van der Waals surface area contributed by atoms with Crippen LogP contribution in [0.4, 0.5) is 11.4 Å². The van der Waals surface area contributed by atoms with Crippen molar-refractivity contribution in [2.24, 2.45) is 0 Å². The van der Waals surface area contributed by atoms with Crippen molar-refractivity contribution in [3.63, 3.8) is 0 Å². The minimum atomic E-state index is -0.359. The van der Waals surface area contributed by atoms with Crippen LogP contribution in [-0.4, -0.2) is 16.0 Å². The van der Waals surface area contributed by atoms with Gasteiger partial charge in [0.2, 0.25) is 0 Å². The zero-order valence-electron chi connectivity index (χ0n) is 10.3. The molecule has 3 rings (SSSR count). The van der Waals surface area contributed by atoms with Gasteiger partial charge in [0.1, 0.15) is 5.75 Å². The van der Waals surface area contributed by atoms with E-state index in [-0.39, 0.29) is 17.2 Å². The Hall–Kier alpha value is -2.60. The Kier molecular flexibility index (Phi) is 3.00. The maximum Gasteiger partial charge on any atom is 0.257 e. The Bertz CT molecular complexity index is 798. The molecule has 5 nitrogen and oxygen atoms in total. The number of aromatic hydroxyl groups is 1. The summed E-state index contributed by atoms with van der Waals surface area (Å²) in [4.78, 5) is 16.3. The third-order valence-electron chi connectivity index (χ3n) is 2.87. The first-order valence-corrected chi connectivity index (χ1v) is 6.74. The average molecular weight is 285 g/mol. The summed E-state index contributed by atoms with van der Waals surface area (Å²) in [5.74, 6) is -0.357. The van der Waals surface area contributed by atoms with Crippen LogP contribution in [0.15, 0.2) is 41.9 Å². The lowest BCUT2D eigenvalue weighted by molar-refractivity contribution is 0.102. The third kappa shape index (κ3) is 2.28. The summed E-state index contributed by atoms with van der Waals surface area (Å²) in [5, 5.41) is 12.2. The van der Waals surface area contributed by atoms with Crippen LogP contribution in [0.5, 0.6) is 5.75 Å². The lowest BCUT2D eigenvalue weighted by Crippen LogP contribution is -2.13. The summed E-state index contributed by atoms with van der Waals surface area (Å²) >= 11 is 1.50. The number of nitrogen functional groups attached to an aromatic ring is 1. The number of fused-ring (bicyclic) bond motifs is 1. The molecule has 20 heavy (non-hydrogen) atoms. The van der Waals surface area contributed by atoms with E-state index in [0.717, 1.165) is 10.2 Å². The van der Waals surface area contributed by atoms with Gasteiger partial charge < -0.3 is 16.2 Å². The molecule has 1 heterocycles. The number of hydrogen-bond acceptors (Lipinski definition) is 5. The molecule has 0 aliphatic heterocycles. The van der Waals surface area contributed by atoms with E-state index < -0.39 is 0 Å². The van der Waals surface area contributed by atoms with E-state index in [2.05, 4.69) is 10.3 Å². The summed E-state index contributed by atoms with van der Waals surface area (Å²) in [6, 6.07) is 9.75. The second kappa shape index (κ2) is 4.82. The van der Waals surface area contributed by atoms with E-state index in [9.17, 15) is 9.90 Å². The van der Waals surface area contributed by atoms with Crippen molar-refractivity contribution < 1.29 is 9.90 Å². The number of carbonyl (C=O) groups is 1. The molecule has 3 aromatic rings. The predicted octanol–water partition coefficient (Wildman–Crippen LogP) is 2.84. The number of anilines is 2. The lowest BCUT2D eigenvalue weighted by atomic mass is 10.1. The number of rotatable bonds is 2. The molecule has 0 spiro atoms. The van der Waals surface area contributed by atoms with Crippen molar-refractivity contribution in [1.82, 2.24) is 4.98 Å². The summed E-state index contributed by atoms with van der Waals surface area (Å²) < 4.78 is 0.992. The van der Waals surface area contributed by atoms with E-state index in [0.29, 0.717) is 11.4 Å². The number of amides is 1. The molecule has 0 atom stereocenters. The number of aromatic nitrogens is 1. The molecule has 0 radical (unpaired) electrons. The highest BCUT2D eigenvalue weighted by Crippen LogP contribution is 2.24. The maximum absolute atomic E-state index is 12.1. The molecular formula is C14H11N3O2S. The molecular weight excluding hydrogens is 274 g/mol. The summed E-state index contributed by atoms with van der Waals surface area (Å²) in [5.41, 5.74) is 9.61. The number of phenolic OH excluding ortho intramolecular Hbond substituents is 1. The van der Waals surface area contributed by atoms with Gasteiger partial charge in [-0.05, 0) is 36.4 Å². The molecule has 0 saturated heterocycles. The van der Waals surface area contributed by atoms with Gasteiger partial charge in [-0.1, -0.05) is 0 Å². The summed E-state index contributed by atoms with van der Waals surface area (Å²) in [6.07, 6.45) is 0. The first-order valence-electron chi connectivity index (χ1n) is 5.86. The lowest BCUT2D eigenvalue weighted by Gasteiger charge is -2.08. The molecule has 0 saturated carbocycles. The first-order chi connectivity index (χ1) is 9.63. The Morgan fingerprint density at radius 2 is 2.10 bits per heavy atom. The second-order valence-electron chi connectivity index (χ2n) is 4.26. The van der Waals surface area contributed by atoms with Crippen LogP contribution in [0, 0.1) is 0 Å². The minimum absolute atomic E-state index is 0.00209. The molecule has 2 aromatic carbocycles. The number of phenols is 1. The van der Waals surface area contributed by atoms with Gasteiger partial charge in [0, 0.05) is 11.4 Å². The molecule has 0 fully saturated rings. The number of nitrogens with one attached hydrogen (secondary N) is 1. The number of thiazole rings is 1. The van der Waals surface area contributed by atoms with Gasteiger partial charge in [-0.15, -0.1) is 11.3 Å². The van der Waals surface area contributed by atoms with Gasteiger partial charge in [-0.25, -0.2) is 4.98 Å². The normalized spacial score (nSPS) is 10.6. The molecule has 0 aliphatic rings. The van der Waals surface area contributed by atoms with Crippen LogP contribution in [0.1, 0.15) is 10.4 Å². The fraction of sp³-hybridized carbons (Fsp3) is 0. The molecule has 100 valence electrons. The molecule has 0 unspecified atom stereocenters. The van der Waals surface area contributed by atoms with Crippen LogP contribution < -0.4 is 11.1 Å². The maximum atomic E-state index is 12.1. The zero-order chi connectivity index (χ0) is 14.1. The van der Waals surface area contributed by atoms with Crippen molar-refractivity contribution in [1.29, 1.82) is 0 Å². The van der Waals surface area contributed by atoms with Crippen molar-refractivity contribution in [2.75, 3.05) is 11.1 Å². The largest absolute Gasteiger partial charge is 0.508 e. The summed E-state index contributed by atoms with van der Waals surface area (Å²) in [7, 11) is 0. The van der Waals surface area contributed by atoms with Crippen molar-refractivity contribution in [2.45, 2.75) is 0 Å². The van der Waals surface area contributed by atoms with Gasteiger partial charge in [-0.2, -0.15) is 0 Å². The highest BCUT2D eigenvalue weighted by molar-refractivity contribution is 7.16. The molecule has 0 bridgehead atoms. The van der Waals surface area contributed by atoms with Crippen molar-refractivity contribution in [3.8, 4) is 5.75 Å². The van der Waals surface area contributed by atoms with E-state index in [1.54, 1.807) is 11.6 Å². The van der Waals surface area contributed by atoms with Gasteiger partial charge in [0.25, 0.3) is 5.91 Å². The van der Waals surface area contributed by atoms with E-state index in [4.69, 9.17) is 5.73 Å². The average Bonchev–Trinajstić information content (AvgIpc) is 2.89. The number of benzene rings is 2. The summed E-state index contributed by atoms with van der Waals surface area (Å²) in [6.45, 7) is 0. The minimum Gasteiger partial charge on any atom is -0.508 e. The Morgan fingerprint density at radius 1 is 1.25 bits per heavy atom. The molecule has 1 aromatic heterocycles. The predicted molar refractivity (Wildman–Crippen MR) is 80.1 cm³/mol. The quantitative estimate of drug-likeness (QED) is 0.499. The Morgan fingerprint density at radius 3 is 2.95 bits per heavy atom. The van der Waals surface area contributed by atoms with E-state index in [1.807, 2.05) is 12.1 Å². The van der Waals surface area contributed by atoms with Crippen LogP contribution in [0.3, 0.4) is 0 Å². The molecule has 4 N–H and O–H groups in total. The van der Waals surface area contributed by atoms with E-state index in [1.165, 1.54) is 29.5 Å². The van der Waals surface area contributed by atoms with Crippen LogP contribution in [0.25, 0.3) is 10.2 Å². The zero-order valence-corrected chi connectivity index (χ0v) is 11.1. The van der Waals surface area contributed by atoms with E-state index >= 15 is 0 Å². The SMILES string of the molecule is Nc1ccc(O)cc1C(=O)Nc1ccc2ncsc2c1. The first kappa shape index (κ1) is 12.4. The van der Waals surface area contributed by atoms with Gasteiger partial charge in [0.15, 0.2) is 0 Å². The van der Waals surface area contributed by atoms with Crippen LogP contribution in [-0.2, 0) is 0 Å². The Labute approximate surface area is 118 Å². The third-order valence-corrected chi connectivity index (χ3v) is 3.66. The monoisotopic (exact) mass is 285 g/mol. The second-order valence-corrected chi connectivity index (χ2v) is 5.15. The Balaban J connectivity index is 1.89. The number of nitrogens with zero attached hydrogens (tertiary/aromatic N) is 1. The van der Waals surface area contributed by atoms with Gasteiger partial charge in [0.05, 0.1) is 21.3 Å². The van der Waals surface area contributed by atoms with Gasteiger partial charge in [-0.3, -0.25) is 4.79 Å². The topological polar surface area (TPSA) is 88.2 Å². The highest BCUT2D eigenvalue weighted by atomic mass is 32.1. The van der Waals surface area contributed by atoms with Crippen LogP contribution in [0.2, 0.25) is 0 Å². The number of hydrogen-bond donors (Lipinski definition) is 3.